The number of nitrogens with zero attached hydrogens (tertiary/aromatic N) is 2. The van der Waals surface area contributed by atoms with Gasteiger partial charge in [-0.3, -0.25) is 0 Å². The van der Waals surface area contributed by atoms with Gasteiger partial charge in [0.2, 0.25) is 0 Å². The Morgan fingerprint density at radius 1 is 0.458 bits per heavy atom. The first kappa shape index (κ1) is 25.9. The van der Waals surface area contributed by atoms with Crippen molar-refractivity contribution < 1.29 is 0 Å². The van der Waals surface area contributed by atoms with Crippen LogP contribution in [0.2, 0.25) is 0 Å². The topological polar surface area (TPSA) is 17.8 Å². The van der Waals surface area contributed by atoms with Crippen molar-refractivity contribution in [1.29, 1.82) is 0 Å². The van der Waals surface area contributed by atoms with Crippen LogP contribution in [0, 0.1) is 0 Å². The number of pyridine rings is 1. The number of hydrogen-bond acceptors (Lipinski definition) is 1. The van der Waals surface area contributed by atoms with Crippen LogP contribution in [-0.4, -0.2) is 9.55 Å². The van der Waals surface area contributed by atoms with E-state index < -0.39 is 5.41 Å². The molecule has 0 N–H and O–H groups in total. The normalized spacial score (nSPS) is 15.6. The summed E-state index contributed by atoms with van der Waals surface area (Å²) in [5.41, 5.74) is 16.9. The van der Waals surface area contributed by atoms with Gasteiger partial charge in [-0.25, -0.2) is 4.98 Å². The summed E-state index contributed by atoms with van der Waals surface area (Å²) in [5, 5.41) is 3.73. The van der Waals surface area contributed by atoms with Crippen molar-refractivity contribution in [1.82, 2.24) is 9.55 Å². The smallest absolute Gasteiger partial charge is 0.0760 e. The lowest BCUT2D eigenvalue weighted by Crippen LogP contribution is -2.34. The van der Waals surface area contributed by atoms with Gasteiger partial charge in [-0.1, -0.05) is 140 Å². The number of para-hydroxylation sites is 3. The van der Waals surface area contributed by atoms with E-state index >= 15 is 0 Å². The molecule has 1 atom stereocenters. The summed E-state index contributed by atoms with van der Waals surface area (Å²) in [6.07, 6.45) is 0. The quantitative estimate of drug-likeness (QED) is 0.191. The molecule has 2 aromatic heterocycles. The first-order chi connectivity index (χ1) is 23.8. The lowest BCUT2D eigenvalue weighted by atomic mass is 9.64. The second kappa shape index (κ2) is 9.40. The summed E-state index contributed by atoms with van der Waals surface area (Å²) in [6, 6.07) is 62.4. The first-order valence-corrected chi connectivity index (χ1v) is 16.6. The summed E-state index contributed by atoms with van der Waals surface area (Å²) < 4.78 is 2.51. The van der Waals surface area contributed by atoms with Crippen LogP contribution in [-0.2, 0) is 5.41 Å². The molecular formula is C46H28N2. The summed E-state index contributed by atoms with van der Waals surface area (Å²) in [5.74, 6) is 0. The van der Waals surface area contributed by atoms with Crippen LogP contribution in [0.3, 0.4) is 0 Å². The predicted octanol–water partition coefficient (Wildman–Crippen LogP) is 11.3. The fourth-order valence-corrected chi connectivity index (χ4v) is 8.93. The van der Waals surface area contributed by atoms with Gasteiger partial charge >= 0.3 is 0 Å². The van der Waals surface area contributed by atoms with Crippen LogP contribution >= 0.6 is 0 Å². The maximum atomic E-state index is 5.07. The Morgan fingerprint density at radius 2 is 1.17 bits per heavy atom. The molecular weight excluding hydrogens is 581 g/mol. The molecule has 11 rings (SSSR count). The minimum absolute atomic E-state index is 0.493. The monoisotopic (exact) mass is 608 g/mol. The molecule has 2 nitrogen and oxygen atoms in total. The molecule has 9 aromatic rings. The van der Waals surface area contributed by atoms with Gasteiger partial charge in [0.25, 0.3) is 0 Å². The second-order valence-corrected chi connectivity index (χ2v) is 13.1. The van der Waals surface area contributed by atoms with Crippen molar-refractivity contribution in [3.8, 4) is 39.2 Å². The highest BCUT2D eigenvalue weighted by molar-refractivity contribution is 6.13. The van der Waals surface area contributed by atoms with E-state index in [-0.39, 0.29) is 0 Å². The third-order valence-electron chi connectivity index (χ3n) is 10.8. The van der Waals surface area contributed by atoms with Gasteiger partial charge in [0.15, 0.2) is 0 Å². The van der Waals surface area contributed by atoms with Gasteiger partial charge in [0, 0.05) is 21.7 Å². The van der Waals surface area contributed by atoms with E-state index in [1.165, 1.54) is 72.0 Å². The summed E-state index contributed by atoms with van der Waals surface area (Å²) in [6.45, 7) is 0. The van der Waals surface area contributed by atoms with E-state index in [4.69, 9.17) is 4.98 Å². The number of benzene rings is 7. The average Bonchev–Trinajstić information content (AvgIpc) is 3.66. The Bertz CT molecular complexity index is 2790. The van der Waals surface area contributed by atoms with Crippen LogP contribution in [0.25, 0.3) is 71.9 Å². The van der Waals surface area contributed by atoms with E-state index in [0.717, 1.165) is 22.2 Å². The Kier molecular flexibility index (Phi) is 5.07. The third-order valence-corrected chi connectivity index (χ3v) is 10.8. The fraction of sp³-hybridized carbons (Fsp3) is 0.0217. The van der Waals surface area contributed by atoms with Gasteiger partial charge in [0.1, 0.15) is 0 Å². The van der Waals surface area contributed by atoms with Crippen LogP contribution in [0.5, 0.6) is 0 Å². The molecule has 7 aromatic carbocycles. The van der Waals surface area contributed by atoms with E-state index in [1.807, 2.05) is 6.07 Å². The first-order valence-electron chi connectivity index (χ1n) is 16.6. The molecule has 0 saturated carbocycles. The van der Waals surface area contributed by atoms with Crippen LogP contribution in [0.15, 0.2) is 170 Å². The van der Waals surface area contributed by atoms with Crippen molar-refractivity contribution in [3.63, 3.8) is 0 Å². The molecule has 1 aliphatic carbocycles. The minimum Gasteiger partial charge on any atom is -0.309 e. The number of fused-ring (bicyclic) bond motifs is 13. The minimum atomic E-state index is -0.493. The number of aromatic nitrogens is 2. The molecule has 0 amide bonds. The molecule has 0 bridgehead atoms. The maximum absolute atomic E-state index is 5.07. The Balaban J connectivity index is 1.24. The summed E-state index contributed by atoms with van der Waals surface area (Å²) in [4.78, 5) is 5.07. The SMILES string of the molecule is c1ccc(-c2ccc3cc(-c4cccc5c4C4(c6ccccc6-5)c5ccccc5-n5c6ccccc6c6cccc4c65)ccc3n2)cc1. The van der Waals surface area contributed by atoms with Gasteiger partial charge in [-0.15, -0.1) is 0 Å². The zero-order chi connectivity index (χ0) is 31.4. The van der Waals surface area contributed by atoms with Crippen molar-refractivity contribution in [2.24, 2.45) is 0 Å². The highest BCUT2D eigenvalue weighted by atomic mass is 15.0. The molecule has 48 heavy (non-hydrogen) atoms. The third kappa shape index (κ3) is 3.19. The van der Waals surface area contributed by atoms with Crippen molar-refractivity contribution in [2.45, 2.75) is 5.41 Å². The second-order valence-electron chi connectivity index (χ2n) is 13.1. The zero-order valence-electron chi connectivity index (χ0n) is 26.1. The lowest BCUT2D eigenvalue weighted by molar-refractivity contribution is 0.750. The molecule has 3 heterocycles. The molecule has 2 heteroatoms. The molecule has 0 fully saturated rings. The standard InChI is InChI=1S/C46H28N2/c1-2-12-29(13-3-1)40-27-25-31-28-30(24-26-41(31)47-40)32-16-10-17-35-33-14-4-6-19-37(33)46(44(32)35)38-20-7-9-23-43(38)48-42-22-8-5-15-34(42)36-18-11-21-39(46)45(36)48/h1-28H. The van der Waals surface area contributed by atoms with Crippen molar-refractivity contribution in [3.05, 3.63) is 192 Å². The maximum Gasteiger partial charge on any atom is 0.0760 e. The van der Waals surface area contributed by atoms with Gasteiger partial charge in [-0.05, 0) is 74.8 Å². The van der Waals surface area contributed by atoms with Crippen LogP contribution in [0.4, 0.5) is 0 Å². The Hall–Kier alpha value is -6.25. The average molecular weight is 609 g/mol. The molecule has 222 valence electrons. The van der Waals surface area contributed by atoms with E-state index in [2.05, 4.69) is 168 Å². The highest BCUT2D eigenvalue weighted by Gasteiger charge is 2.51. The molecule has 1 unspecified atom stereocenters. The largest absolute Gasteiger partial charge is 0.309 e. The zero-order valence-corrected chi connectivity index (χ0v) is 26.1. The van der Waals surface area contributed by atoms with E-state index in [9.17, 15) is 0 Å². The van der Waals surface area contributed by atoms with E-state index in [1.54, 1.807) is 0 Å². The van der Waals surface area contributed by atoms with Gasteiger partial charge < -0.3 is 4.57 Å². The fourth-order valence-electron chi connectivity index (χ4n) is 8.93. The number of hydrogen-bond donors (Lipinski definition) is 0. The van der Waals surface area contributed by atoms with Crippen LogP contribution in [0.1, 0.15) is 22.3 Å². The Morgan fingerprint density at radius 3 is 2.10 bits per heavy atom. The predicted molar refractivity (Wildman–Crippen MR) is 198 cm³/mol. The van der Waals surface area contributed by atoms with Crippen molar-refractivity contribution >= 4 is 32.7 Å². The van der Waals surface area contributed by atoms with Crippen LogP contribution < -0.4 is 0 Å². The van der Waals surface area contributed by atoms with Crippen molar-refractivity contribution in [2.75, 3.05) is 0 Å². The van der Waals surface area contributed by atoms with Gasteiger partial charge in [0.05, 0.1) is 33.3 Å². The Labute approximate surface area is 278 Å². The van der Waals surface area contributed by atoms with Gasteiger partial charge in [-0.2, -0.15) is 0 Å². The van der Waals surface area contributed by atoms with E-state index in [0.29, 0.717) is 0 Å². The molecule has 1 aliphatic heterocycles. The molecule has 0 saturated heterocycles. The summed E-state index contributed by atoms with van der Waals surface area (Å²) in [7, 11) is 0. The highest BCUT2D eigenvalue weighted by Crippen LogP contribution is 2.62. The number of rotatable bonds is 2. The molecule has 1 spiro atoms. The molecule has 2 aliphatic rings. The molecule has 0 radical (unpaired) electrons. The summed E-state index contributed by atoms with van der Waals surface area (Å²) >= 11 is 0. The lowest BCUT2D eigenvalue weighted by Gasteiger charge is -2.40.